The Kier molecular flexibility index (Phi) is 4.71. The topological polar surface area (TPSA) is 112 Å². The van der Waals surface area contributed by atoms with Crippen molar-refractivity contribution in [1.82, 2.24) is 4.57 Å². The highest BCUT2D eigenvalue weighted by atomic mass is 32.2. The van der Waals surface area contributed by atoms with Gasteiger partial charge in [-0.2, -0.15) is 5.26 Å². The third-order valence-corrected chi connectivity index (χ3v) is 5.33. The number of aryl methyl sites for hydroxylation is 1. The number of hydrogen-bond donors (Lipinski definition) is 2. The molecule has 2 N–H and O–H groups in total. The molecule has 0 aliphatic carbocycles. The Labute approximate surface area is 156 Å². The Bertz CT molecular complexity index is 1170. The lowest BCUT2D eigenvalue weighted by atomic mass is 10.1. The van der Waals surface area contributed by atoms with Crippen molar-refractivity contribution in [3.63, 3.8) is 0 Å². The van der Waals surface area contributed by atoms with Crippen molar-refractivity contribution in [3.05, 3.63) is 77.6 Å². The van der Waals surface area contributed by atoms with Crippen LogP contribution in [0.5, 0.6) is 0 Å². The third-order valence-electron chi connectivity index (χ3n) is 3.95. The van der Waals surface area contributed by atoms with Crippen LogP contribution in [0.3, 0.4) is 0 Å². The molecule has 0 aliphatic heterocycles. The zero-order chi connectivity index (χ0) is 19.6. The van der Waals surface area contributed by atoms with Crippen molar-refractivity contribution in [2.45, 2.75) is 11.8 Å². The molecule has 3 rings (SSSR count). The minimum atomic E-state index is -3.85. The summed E-state index contributed by atoms with van der Waals surface area (Å²) in [6.07, 6.45) is 1.63. The second-order valence-electron chi connectivity index (χ2n) is 5.81. The van der Waals surface area contributed by atoms with Gasteiger partial charge in [-0.25, -0.2) is 13.2 Å². The van der Waals surface area contributed by atoms with Crippen molar-refractivity contribution >= 4 is 21.7 Å². The lowest BCUT2D eigenvalue weighted by Gasteiger charge is -2.13. The molecule has 0 bridgehead atoms. The van der Waals surface area contributed by atoms with E-state index in [2.05, 4.69) is 4.72 Å². The van der Waals surface area contributed by atoms with Crippen molar-refractivity contribution in [2.24, 2.45) is 0 Å². The van der Waals surface area contributed by atoms with Crippen LogP contribution in [0.2, 0.25) is 0 Å². The number of anilines is 1. The fourth-order valence-electron chi connectivity index (χ4n) is 2.70. The van der Waals surface area contributed by atoms with Crippen molar-refractivity contribution in [2.75, 3.05) is 4.72 Å². The summed E-state index contributed by atoms with van der Waals surface area (Å²) in [5.41, 5.74) is 2.02. The average Bonchev–Trinajstić information content (AvgIpc) is 3.11. The summed E-state index contributed by atoms with van der Waals surface area (Å²) in [7, 11) is -3.85. The van der Waals surface area contributed by atoms with E-state index in [0.29, 0.717) is 16.9 Å². The zero-order valence-corrected chi connectivity index (χ0v) is 15.1. The summed E-state index contributed by atoms with van der Waals surface area (Å²) in [6.45, 7) is 1.76. The molecule has 136 valence electrons. The number of carboxylic acids is 1. The molecule has 0 saturated heterocycles. The van der Waals surface area contributed by atoms with Crippen molar-refractivity contribution < 1.29 is 18.3 Å². The Hall–Kier alpha value is -3.57. The maximum atomic E-state index is 12.5. The smallest absolute Gasteiger partial charge is 0.352 e. The van der Waals surface area contributed by atoms with Crippen LogP contribution in [-0.4, -0.2) is 24.1 Å². The molecule has 1 heterocycles. The fraction of sp³-hybridized carbons (Fsp3) is 0.0526. The zero-order valence-electron chi connectivity index (χ0n) is 14.2. The molecule has 0 amide bonds. The van der Waals surface area contributed by atoms with Gasteiger partial charge in [0.05, 0.1) is 16.5 Å². The van der Waals surface area contributed by atoms with Crippen LogP contribution >= 0.6 is 0 Å². The lowest BCUT2D eigenvalue weighted by Crippen LogP contribution is -2.13. The SMILES string of the molecule is Cc1cc(NS(=O)(=O)c2cccc(C#N)c2)ccc1-n1cccc1C(=O)O. The number of benzene rings is 2. The van der Waals surface area contributed by atoms with Gasteiger partial charge in [0.1, 0.15) is 5.69 Å². The maximum absolute atomic E-state index is 12.5. The Morgan fingerprint density at radius 2 is 1.93 bits per heavy atom. The molecule has 0 radical (unpaired) electrons. The first-order valence-electron chi connectivity index (χ1n) is 7.86. The van der Waals surface area contributed by atoms with E-state index in [1.54, 1.807) is 37.4 Å². The molecule has 0 spiro atoms. The molecule has 2 aromatic carbocycles. The molecule has 3 aromatic rings. The fourth-order valence-corrected chi connectivity index (χ4v) is 3.80. The van der Waals surface area contributed by atoms with Crippen LogP contribution in [0.15, 0.2) is 65.7 Å². The van der Waals surface area contributed by atoms with Gasteiger partial charge in [-0.05, 0) is 61.0 Å². The number of rotatable bonds is 5. The first-order chi connectivity index (χ1) is 12.8. The van der Waals surface area contributed by atoms with Crippen LogP contribution in [-0.2, 0) is 10.0 Å². The Balaban J connectivity index is 1.93. The number of carboxylic acid groups (broad SMARTS) is 1. The Morgan fingerprint density at radius 3 is 2.59 bits per heavy atom. The van der Waals surface area contributed by atoms with Crippen molar-refractivity contribution in [1.29, 1.82) is 5.26 Å². The van der Waals surface area contributed by atoms with E-state index in [9.17, 15) is 18.3 Å². The third kappa shape index (κ3) is 3.68. The number of nitrogens with one attached hydrogen (secondary N) is 1. The number of nitriles is 1. The minimum absolute atomic E-state index is 0.0122. The number of aromatic nitrogens is 1. The molecular weight excluding hydrogens is 366 g/mol. The van der Waals surface area contributed by atoms with Gasteiger partial charge in [0.15, 0.2) is 0 Å². The van der Waals surface area contributed by atoms with Crippen LogP contribution in [0.25, 0.3) is 5.69 Å². The molecule has 0 unspecified atom stereocenters. The minimum Gasteiger partial charge on any atom is -0.477 e. The molecule has 0 atom stereocenters. The first kappa shape index (κ1) is 18.2. The lowest BCUT2D eigenvalue weighted by molar-refractivity contribution is 0.0688. The van der Waals surface area contributed by atoms with Gasteiger partial charge in [-0.15, -0.1) is 0 Å². The highest BCUT2D eigenvalue weighted by Crippen LogP contribution is 2.23. The van der Waals surface area contributed by atoms with E-state index in [1.165, 1.54) is 34.9 Å². The predicted molar refractivity (Wildman–Crippen MR) is 99.4 cm³/mol. The van der Waals surface area contributed by atoms with E-state index in [4.69, 9.17) is 5.26 Å². The van der Waals surface area contributed by atoms with Gasteiger partial charge in [-0.3, -0.25) is 4.72 Å². The quantitative estimate of drug-likeness (QED) is 0.705. The van der Waals surface area contributed by atoms with E-state index in [0.717, 1.165) is 0 Å². The standard InChI is InChI=1S/C19H15N3O4S/c1-13-10-15(7-8-17(13)22-9-3-6-18(22)19(23)24)21-27(25,26)16-5-2-4-14(11-16)12-20/h2-11,21H,1H3,(H,23,24). The molecular formula is C19H15N3O4S. The number of sulfonamides is 1. The predicted octanol–water partition coefficient (Wildman–Crippen LogP) is 3.16. The molecule has 7 nitrogen and oxygen atoms in total. The number of aromatic carboxylic acids is 1. The summed E-state index contributed by atoms with van der Waals surface area (Å²) in [4.78, 5) is 11.3. The summed E-state index contributed by atoms with van der Waals surface area (Å²) in [5, 5.41) is 18.2. The van der Waals surface area contributed by atoms with E-state index in [1.807, 2.05) is 6.07 Å². The molecule has 1 aromatic heterocycles. The van der Waals surface area contributed by atoms with Gasteiger partial charge in [0.2, 0.25) is 0 Å². The highest BCUT2D eigenvalue weighted by molar-refractivity contribution is 7.92. The second-order valence-corrected chi connectivity index (χ2v) is 7.50. The maximum Gasteiger partial charge on any atom is 0.352 e. The van der Waals surface area contributed by atoms with Crippen LogP contribution < -0.4 is 4.72 Å². The first-order valence-corrected chi connectivity index (χ1v) is 9.35. The highest BCUT2D eigenvalue weighted by Gasteiger charge is 2.16. The van der Waals surface area contributed by atoms with Crippen LogP contribution in [0.1, 0.15) is 21.6 Å². The average molecular weight is 381 g/mol. The summed E-state index contributed by atoms with van der Waals surface area (Å²) >= 11 is 0. The van der Waals surface area contributed by atoms with Gasteiger partial charge < -0.3 is 9.67 Å². The summed E-state index contributed by atoms with van der Waals surface area (Å²) in [5.74, 6) is -1.05. The van der Waals surface area contributed by atoms with Crippen molar-refractivity contribution in [3.8, 4) is 11.8 Å². The number of hydrogen-bond acceptors (Lipinski definition) is 4. The van der Waals surface area contributed by atoms with Gasteiger partial charge in [-0.1, -0.05) is 6.07 Å². The van der Waals surface area contributed by atoms with E-state index in [-0.39, 0.29) is 16.2 Å². The van der Waals surface area contributed by atoms with E-state index >= 15 is 0 Å². The Morgan fingerprint density at radius 1 is 1.15 bits per heavy atom. The summed E-state index contributed by atoms with van der Waals surface area (Å²) in [6, 6.07) is 15.6. The van der Waals surface area contributed by atoms with Crippen LogP contribution in [0.4, 0.5) is 5.69 Å². The van der Waals surface area contributed by atoms with Crippen LogP contribution in [0, 0.1) is 18.3 Å². The second kappa shape index (κ2) is 6.97. The molecule has 8 heteroatoms. The normalized spacial score (nSPS) is 11.0. The van der Waals surface area contributed by atoms with Gasteiger partial charge in [0.25, 0.3) is 10.0 Å². The molecule has 27 heavy (non-hydrogen) atoms. The monoisotopic (exact) mass is 381 g/mol. The molecule has 0 fully saturated rings. The number of nitrogens with zero attached hydrogens (tertiary/aromatic N) is 2. The molecule has 0 aliphatic rings. The summed E-state index contributed by atoms with van der Waals surface area (Å²) < 4.78 is 29.1. The van der Waals surface area contributed by atoms with Gasteiger partial charge in [0, 0.05) is 17.6 Å². The van der Waals surface area contributed by atoms with Gasteiger partial charge >= 0.3 is 5.97 Å². The molecule has 0 saturated carbocycles. The van der Waals surface area contributed by atoms with E-state index < -0.39 is 16.0 Å². The largest absolute Gasteiger partial charge is 0.477 e. The number of carbonyl (C=O) groups is 1.